The van der Waals surface area contributed by atoms with Crippen molar-refractivity contribution in [1.29, 1.82) is 0 Å². The van der Waals surface area contributed by atoms with Gasteiger partial charge in [-0.05, 0) is 39.3 Å². The summed E-state index contributed by atoms with van der Waals surface area (Å²) < 4.78 is 4.04. The first-order valence-corrected chi connectivity index (χ1v) is 5.72. The molecule has 0 aromatic carbocycles. The van der Waals surface area contributed by atoms with Crippen molar-refractivity contribution in [3.63, 3.8) is 0 Å². The van der Waals surface area contributed by atoms with Crippen LogP contribution in [0.25, 0.3) is 11.4 Å². The van der Waals surface area contributed by atoms with Crippen LogP contribution in [0, 0.1) is 27.7 Å². The first-order valence-electron chi connectivity index (χ1n) is 5.72. The number of fused-ring (bicyclic) bond motifs is 3. The quantitative estimate of drug-likeness (QED) is 0.548. The van der Waals surface area contributed by atoms with Crippen molar-refractivity contribution in [2.24, 2.45) is 0 Å². The van der Waals surface area contributed by atoms with E-state index in [0.29, 0.717) is 0 Å². The van der Waals surface area contributed by atoms with E-state index in [1.165, 1.54) is 5.56 Å². The van der Waals surface area contributed by atoms with Crippen molar-refractivity contribution in [2.75, 3.05) is 0 Å². The number of pyridine rings is 1. The molecular formula is C13H15N4+. The minimum absolute atomic E-state index is 0.760. The molecule has 0 saturated heterocycles. The summed E-state index contributed by atoms with van der Waals surface area (Å²) in [6, 6.07) is 6.34. The van der Waals surface area contributed by atoms with Crippen LogP contribution in [0.1, 0.15) is 22.6 Å². The fourth-order valence-corrected chi connectivity index (χ4v) is 2.37. The zero-order valence-electron chi connectivity index (χ0n) is 10.5. The lowest BCUT2D eigenvalue weighted by Gasteiger charge is -1.97. The summed E-state index contributed by atoms with van der Waals surface area (Å²) in [4.78, 5) is 4.48. The van der Waals surface area contributed by atoms with Gasteiger partial charge >= 0.3 is 5.78 Å². The van der Waals surface area contributed by atoms with Crippen LogP contribution in [0.3, 0.4) is 0 Å². The van der Waals surface area contributed by atoms with Gasteiger partial charge in [0, 0.05) is 17.2 Å². The maximum Gasteiger partial charge on any atom is 0.420 e. The standard InChI is InChI=1S/C13H15N4/c1-8-5-11(4)17-12(6-8)16-10(3)7-9(2)14-13(16)15-17/h5-7H,1-4H3/q+1. The van der Waals surface area contributed by atoms with E-state index in [-0.39, 0.29) is 0 Å². The monoisotopic (exact) mass is 227 g/mol. The van der Waals surface area contributed by atoms with Crippen LogP contribution in [-0.4, -0.2) is 14.6 Å². The third-order valence-electron chi connectivity index (χ3n) is 3.01. The first-order chi connectivity index (χ1) is 8.06. The van der Waals surface area contributed by atoms with E-state index >= 15 is 0 Å². The number of hydrogen-bond acceptors (Lipinski definition) is 2. The van der Waals surface area contributed by atoms with Gasteiger partial charge < -0.3 is 0 Å². The summed E-state index contributed by atoms with van der Waals surface area (Å²) >= 11 is 0. The maximum absolute atomic E-state index is 4.55. The second-order valence-corrected chi connectivity index (χ2v) is 4.62. The highest BCUT2D eigenvalue weighted by molar-refractivity contribution is 5.41. The average molecular weight is 227 g/mol. The fraction of sp³-hybridized carbons (Fsp3) is 0.308. The number of rotatable bonds is 0. The molecular weight excluding hydrogens is 212 g/mol. The molecule has 0 amide bonds. The van der Waals surface area contributed by atoms with E-state index in [1.54, 1.807) is 0 Å². The third kappa shape index (κ3) is 1.40. The highest BCUT2D eigenvalue weighted by Crippen LogP contribution is 2.09. The minimum Gasteiger partial charge on any atom is -0.188 e. The van der Waals surface area contributed by atoms with Crippen LogP contribution in [0.4, 0.5) is 0 Å². The second-order valence-electron chi connectivity index (χ2n) is 4.62. The van der Waals surface area contributed by atoms with E-state index in [9.17, 15) is 0 Å². The SMILES string of the molecule is Cc1cc(C)n2nc3nc(C)cc(C)[n+]3c2c1. The molecule has 0 bridgehead atoms. The lowest BCUT2D eigenvalue weighted by molar-refractivity contribution is -0.494. The molecule has 0 saturated carbocycles. The molecule has 3 aromatic rings. The summed E-state index contributed by atoms with van der Waals surface area (Å²) in [5.41, 5.74) is 5.60. The van der Waals surface area contributed by atoms with E-state index in [2.05, 4.69) is 53.5 Å². The van der Waals surface area contributed by atoms with E-state index in [0.717, 1.165) is 28.5 Å². The van der Waals surface area contributed by atoms with Crippen LogP contribution in [0.5, 0.6) is 0 Å². The number of nitrogens with zero attached hydrogens (tertiary/aromatic N) is 4. The highest BCUT2D eigenvalue weighted by Gasteiger charge is 2.18. The Bertz CT molecular complexity index is 740. The average Bonchev–Trinajstić information content (AvgIpc) is 2.56. The van der Waals surface area contributed by atoms with Crippen molar-refractivity contribution in [3.05, 3.63) is 40.8 Å². The van der Waals surface area contributed by atoms with Crippen molar-refractivity contribution < 1.29 is 4.40 Å². The summed E-state index contributed by atoms with van der Waals surface area (Å²) in [6.07, 6.45) is 0. The summed E-state index contributed by atoms with van der Waals surface area (Å²) in [7, 11) is 0. The maximum atomic E-state index is 4.55. The second kappa shape index (κ2) is 3.26. The summed E-state index contributed by atoms with van der Waals surface area (Å²) in [5, 5.41) is 4.55. The van der Waals surface area contributed by atoms with Gasteiger partial charge in [0.15, 0.2) is 0 Å². The molecule has 0 N–H and O–H groups in total. The van der Waals surface area contributed by atoms with Crippen molar-refractivity contribution in [1.82, 2.24) is 14.6 Å². The van der Waals surface area contributed by atoms with Crippen LogP contribution in [-0.2, 0) is 0 Å². The minimum atomic E-state index is 0.760. The summed E-state index contributed by atoms with van der Waals surface area (Å²) in [6.45, 7) is 8.24. The first kappa shape index (κ1) is 10.2. The van der Waals surface area contributed by atoms with Gasteiger partial charge in [0.1, 0.15) is 5.69 Å². The van der Waals surface area contributed by atoms with Gasteiger partial charge in [-0.1, -0.05) is 0 Å². The van der Waals surface area contributed by atoms with Crippen molar-refractivity contribution in [2.45, 2.75) is 27.7 Å². The molecule has 0 radical (unpaired) electrons. The Labute approximate surface area is 99.5 Å². The molecule has 0 aliphatic heterocycles. The predicted octanol–water partition coefficient (Wildman–Crippen LogP) is 1.70. The number of aromatic nitrogens is 4. The molecule has 4 nitrogen and oxygen atoms in total. The van der Waals surface area contributed by atoms with E-state index in [1.807, 2.05) is 11.4 Å². The lowest BCUT2D eigenvalue weighted by atomic mass is 10.2. The molecule has 0 unspecified atom stereocenters. The lowest BCUT2D eigenvalue weighted by Crippen LogP contribution is -2.26. The number of hydrogen-bond donors (Lipinski definition) is 0. The molecule has 3 heterocycles. The van der Waals surface area contributed by atoms with Gasteiger partial charge in [-0.25, -0.2) is 0 Å². The van der Waals surface area contributed by atoms with Gasteiger partial charge in [0.2, 0.25) is 5.65 Å². The van der Waals surface area contributed by atoms with Crippen molar-refractivity contribution in [3.8, 4) is 0 Å². The molecule has 0 atom stereocenters. The van der Waals surface area contributed by atoms with E-state index in [4.69, 9.17) is 0 Å². The largest absolute Gasteiger partial charge is 0.420 e. The molecule has 0 spiro atoms. The van der Waals surface area contributed by atoms with Crippen LogP contribution in [0.15, 0.2) is 18.2 Å². The van der Waals surface area contributed by atoms with Gasteiger partial charge in [-0.2, -0.15) is 4.40 Å². The topological polar surface area (TPSA) is 34.3 Å². The zero-order valence-corrected chi connectivity index (χ0v) is 10.5. The third-order valence-corrected chi connectivity index (χ3v) is 3.01. The van der Waals surface area contributed by atoms with Gasteiger partial charge in [0.25, 0.3) is 0 Å². The molecule has 3 aromatic heterocycles. The van der Waals surface area contributed by atoms with Crippen LogP contribution in [0.2, 0.25) is 0 Å². The molecule has 4 heteroatoms. The van der Waals surface area contributed by atoms with Crippen LogP contribution < -0.4 is 4.40 Å². The van der Waals surface area contributed by atoms with Gasteiger partial charge in [0.05, 0.1) is 11.4 Å². The van der Waals surface area contributed by atoms with Gasteiger partial charge in [-0.3, -0.25) is 0 Å². The molecule has 0 fully saturated rings. The summed E-state index contributed by atoms with van der Waals surface area (Å²) in [5.74, 6) is 0.760. The smallest absolute Gasteiger partial charge is 0.188 e. The van der Waals surface area contributed by atoms with Crippen LogP contribution >= 0.6 is 0 Å². The van der Waals surface area contributed by atoms with Gasteiger partial charge in [-0.15, -0.1) is 9.50 Å². The zero-order chi connectivity index (χ0) is 12.2. The molecule has 3 rings (SSSR count). The Hall–Kier alpha value is -1.97. The molecule has 0 aliphatic rings. The fourth-order valence-electron chi connectivity index (χ4n) is 2.37. The Morgan fingerprint density at radius 2 is 1.82 bits per heavy atom. The Morgan fingerprint density at radius 1 is 1.06 bits per heavy atom. The molecule has 17 heavy (non-hydrogen) atoms. The van der Waals surface area contributed by atoms with Crippen molar-refractivity contribution >= 4 is 11.4 Å². The molecule has 86 valence electrons. The molecule has 0 aliphatic carbocycles. The Morgan fingerprint density at radius 3 is 2.59 bits per heavy atom. The van der Waals surface area contributed by atoms with E-state index < -0.39 is 0 Å². The Kier molecular flexibility index (Phi) is 1.96. The normalized spacial score (nSPS) is 11.5. The highest BCUT2D eigenvalue weighted by atomic mass is 15.4. The Balaban J connectivity index is 2.60. The number of aryl methyl sites for hydroxylation is 4. The predicted molar refractivity (Wildman–Crippen MR) is 65.1 cm³/mol.